The van der Waals surface area contributed by atoms with E-state index in [1.807, 2.05) is 7.05 Å². The van der Waals surface area contributed by atoms with Gasteiger partial charge in [-0.15, -0.1) is 0 Å². The maximum Gasteiger partial charge on any atom is 0.321 e. The summed E-state index contributed by atoms with van der Waals surface area (Å²) in [5.41, 5.74) is 0. The van der Waals surface area contributed by atoms with Crippen LogP contribution in [0.25, 0.3) is 0 Å². The number of hydrogen-bond donors (Lipinski definition) is 2. The Morgan fingerprint density at radius 3 is 2.77 bits per heavy atom. The van der Waals surface area contributed by atoms with Crippen LogP contribution in [0, 0.1) is 12.8 Å². The molecule has 0 spiro atoms. The van der Waals surface area contributed by atoms with Gasteiger partial charge in [0.15, 0.2) is 5.82 Å². The fourth-order valence-electron chi connectivity index (χ4n) is 1.05. The number of nitrogens with zero attached hydrogens (tertiary/aromatic N) is 2. The van der Waals surface area contributed by atoms with Crippen LogP contribution in [-0.2, 0) is 0 Å². The highest BCUT2D eigenvalue weighted by Crippen LogP contribution is 2.03. The van der Waals surface area contributed by atoms with Gasteiger partial charge in [-0.2, -0.15) is 4.98 Å². The minimum Gasteiger partial charge on any atom is -0.337 e. The van der Waals surface area contributed by atoms with Crippen LogP contribution in [0.15, 0.2) is 4.52 Å². The quantitative estimate of drug-likeness (QED) is 0.703. The standard InChI is InChI=1S/C8H16N4O/c1-6(4-9-3)5-10-8-11-7(2)12-13-8/h6,9H,4-5H2,1-3H3,(H,10,11,12). The van der Waals surface area contributed by atoms with Crippen molar-refractivity contribution in [2.45, 2.75) is 13.8 Å². The molecule has 13 heavy (non-hydrogen) atoms. The van der Waals surface area contributed by atoms with Gasteiger partial charge in [0.05, 0.1) is 0 Å². The molecule has 0 radical (unpaired) electrons. The molecular formula is C8H16N4O. The molecule has 2 N–H and O–H groups in total. The molecule has 0 aliphatic rings. The van der Waals surface area contributed by atoms with Crippen LogP contribution >= 0.6 is 0 Å². The van der Waals surface area contributed by atoms with E-state index in [2.05, 4.69) is 27.7 Å². The zero-order valence-electron chi connectivity index (χ0n) is 8.29. The predicted molar refractivity (Wildman–Crippen MR) is 50.6 cm³/mol. The third-order valence-corrected chi connectivity index (χ3v) is 1.68. The predicted octanol–water partition coefficient (Wildman–Crippen LogP) is 0.645. The number of aromatic nitrogens is 2. The number of rotatable bonds is 5. The molecule has 0 fully saturated rings. The topological polar surface area (TPSA) is 63.0 Å². The van der Waals surface area contributed by atoms with Gasteiger partial charge < -0.3 is 15.2 Å². The van der Waals surface area contributed by atoms with Crippen molar-refractivity contribution in [1.29, 1.82) is 0 Å². The van der Waals surface area contributed by atoms with E-state index in [4.69, 9.17) is 4.52 Å². The molecule has 5 nitrogen and oxygen atoms in total. The summed E-state index contributed by atoms with van der Waals surface area (Å²) in [4.78, 5) is 4.03. The first kappa shape index (κ1) is 9.98. The lowest BCUT2D eigenvalue weighted by Gasteiger charge is -2.09. The molecule has 1 atom stereocenters. The van der Waals surface area contributed by atoms with Crippen molar-refractivity contribution in [3.63, 3.8) is 0 Å². The van der Waals surface area contributed by atoms with E-state index in [0.717, 1.165) is 13.1 Å². The Morgan fingerprint density at radius 1 is 1.46 bits per heavy atom. The van der Waals surface area contributed by atoms with E-state index in [-0.39, 0.29) is 0 Å². The van der Waals surface area contributed by atoms with Crippen molar-refractivity contribution in [3.05, 3.63) is 5.82 Å². The molecular weight excluding hydrogens is 168 g/mol. The highest BCUT2D eigenvalue weighted by atomic mass is 16.5. The monoisotopic (exact) mass is 184 g/mol. The molecule has 0 amide bonds. The van der Waals surface area contributed by atoms with Crippen LogP contribution < -0.4 is 10.6 Å². The average molecular weight is 184 g/mol. The molecule has 0 bridgehead atoms. The van der Waals surface area contributed by atoms with Crippen molar-refractivity contribution in [1.82, 2.24) is 15.5 Å². The highest BCUT2D eigenvalue weighted by Gasteiger charge is 2.04. The van der Waals surface area contributed by atoms with E-state index in [1.54, 1.807) is 6.92 Å². The Morgan fingerprint density at radius 2 is 2.23 bits per heavy atom. The lowest BCUT2D eigenvalue weighted by molar-refractivity contribution is 0.422. The summed E-state index contributed by atoms with van der Waals surface area (Å²) in [5, 5.41) is 9.85. The third kappa shape index (κ3) is 3.42. The summed E-state index contributed by atoms with van der Waals surface area (Å²) in [7, 11) is 1.94. The van der Waals surface area contributed by atoms with E-state index in [9.17, 15) is 0 Å². The number of aryl methyl sites for hydroxylation is 1. The number of nitrogens with one attached hydrogen (secondary N) is 2. The molecule has 0 aliphatic heterocycles. The first-order valence-corrected chi connectivity index (χ1v) is 4.41. The second-order valence-electron chi connectivity index (χ2n) is 3.19. The third-order valence-electron chi connectivity index (χ3n) is 1.68. The van der Waals surface area contributed by atoms with Crippen LogP contribution in [0.3, 0.4) is 0 Å². The lowest BCUT2D eigenvalue weighted by Crippen LogP contribution is -2.22. The summed E-state index contributed by atoms with van der Waals surface area (Å²) < 4.78 is 4.90. The average Bonchev–Trinajstić information content (AvgIpc) is 2.49. The van der Waals surface area contributed by atoms with Gasteiger partial charge in [0.2, 0.25) is 0 Å². The van der Waals surface area contributed by atoms with Crippen LogP contribution in [-0.4, -0.2) is 30.3 Å². The van der Waals surface area contributed by atoms with Crippen molar-refractivity contribution in [3.8, 4) is 0 Å². The Balaban J connectivity index is 2.26. The van der Waals surface area contributed by atoms with Crippen LogP contribution in [0.2, 0.25) is 0 Å². The molecule has 1 aromatic heterocycles. The molecule has 1 aromatic rings. The number of hydrogen-bond acceptors (Lipinski definition) is 5. The fraction of sp³-hybridized carbons (Fsp3) is 0.750. The minimum atomic E-state index is 0.500. The largest absolute Gasteiger partial charge is 0.337 e. The zero-order valence-corrected chi connectivity index (χ0v) is 8.29. The zero-order chi connectivity index (χ0) is 9.68. The van der Waals surface area contributed by atoms with Gasteiger partial charge in [0.25, 0.3) is 0 Å². The Bertz CT molecular complexity index is 248. The molecule has 5 heteroatoms. The molecule has 1 unspecified atom stereocenters. The SMILES string of the molecule is CNCC(C)CNc1nc(C)no1. The first-order chi connectivity index (χ1) is 6.22. The molecule has 0 aliphatic carbocycles. The maximum absolute atomic E-state index is 4.90. The summed E-state index contributed by atoms with van der Waals surface area (Å²) in [6, 6.07) is 0.500. The van der Waals surface area contributed by atoms with Crippen molar-refractivity contribution in [2.75, 3.05) is 25.5 Å². The Labute approximate surface area is 77.9 Å². The van der Waals surface area contributed by atoms with Crippen LogP contribution in [0.1, 0.15) is 12.7 Å². The summed E-state index contributed by atoms with van der Waals surface area (Å²) in [6.45, 7) is 5.75. The van der Waals surface area contributed by atoms with Crippen molar-refractivity contribution < 1.29 is 4.52 Å². The molecule has 74 valence electrons. The van der Waals surface area contributed by atoms with Gasteiger partial charge >= 0.3 is 6.01 Å². The van der Waals surface area contributed by atoms with Gasteiger partial charge in [-0.1, -0.05) is 12.1 Å². The Hall–Kier alpha value is -1.10. The highest BCUT2D eigenvalue weighted by molar-refractivity contribution is 5.17. The minimum absolute atomic E-state index is 0.500. The molecule has 0 saturated carbocycles. The lowest BCUT2D eigenvalue weighted by atomic mass is 10.2. The van der Waals surface area contributed by atoms with E-state index in [0.29, 0.717) is 17.8 Å². The van der Waals surface area contributed by atoms with Crippen molar-refractivity contribution >= 4 is 6.01 Å². The van der Waals surface area contributed by atoms with E-state index < -0.39 is 0 Å². The smallest absolute Gasteiger partial charge is 0.321 e. The summed E-state index contributed by atoms with van der Waals surface area (Å²) in [5.74, 6) is 1.20. The molecule has 0 aromatic carbocycles. The normalized spacial score (nSPS) is 12.8. The van der Waals surface area contributed by atoms with Gasteiger partial charge in [-0.3, -0.25) is 0 Å². The maximum atomic E-state index is 4.90. The van der Waals surface area contributed by atoms with E-state index in [1.165, 1.54) is 0 Å². The van der Waals surface area contributed by atoms with Gasteiger partial charge in [0, 0.05) is 6.54 Å². The molecule has 1 heterocycles. The Kier molecular flexibility index (Phi) is 3.70. The van der Waals surface area contributed by atoms with Crippen LogP contribution in [0.4, 0.5) is 6.01 Å². The van der Waals surface area contributed by atoms with Crippen LogP contribution in [0.5, 0.6) is 0 Å². The summed E-state index contributed by atoms with van der Waals surface area (Å²) in [6.07, 6.45) is 0. The van der Waals surface area contributed by atoms with Gasteiger partial charge in [-0.25, -0.2) is 0 Å². The molecule has 0 saturated heterocycles. The second kappa shape index (κ2) is 4.81. The van der Waals surface area contributed by atoms with Gasteiger partial charge in [0.1, 0.15) is 0 Å². The number of anilines is 1. The molecule has 1 rings (SSSR count). The summed E-state index contributed by atoms with van der Waals surface area (Å²) >= 11 is 0. The second-order valence-corrected chi connectivity index (χ2v) is 3.19. The van der Waals surface area contributed by atoms with Gasteiger partial charge in [-0.05, 0) is 26.4 Å². The van der Waals surface area contributed by atoms with E-state index >= 15 is 0 Å². The fourth-order valence-corrected chi connectivity index (χ4v) is 1.05. The van der Waals surface area contributed by atoms with Crippen molar-refractivity contribution in [2.24, 2.45) is 5.92 Å². The first-order valence-electron chi connectivity index (χ1n) is 4.41.